The molecule has 0 saturated heterocycles. The summed E-state index contributed by atoms with van der Waals surface area (Å²) in [5, 5.41) is 0. The van der Waals surface area contributed by atoms with Gasteiger partial charge in [-0.25, -0.2) is 8.78 Å². The zero-order chi connectivity index (χ0) is 15.0. The average molecular weight is 290 g/mol. The van der Waals surface area contributed by atoms with Crippen LogP contribution in [0.3, 0.4) is 0 Å². The third-order valence-electron chi connectivity index (χ3n) is 4.35. The molecule has 0 amide bonds. The van der Waals surface area contributed by atoms with Gasteiger partial charge in [-0.15, -0.1) is 0 Å². The summed E-state index contributed by atoms with van der Waals surface area (Å²) in [4.78, 5) is 0. The summed E-state index contributed by atoms with van der Waals surface area (Å²) in [6.45, 7) is 4.29. The van der Waals surface area contributed by atoms with Gasteiger partial charge < -0.3 is 4.74 Å². The zero-order valence-corrected chi connectivity index (χ0v) is 12.5. The van der Waals surface area contributed by atoms with Gasteiger partial charge in [0.05, 0.1) is 6.61 Å². The Morgan fingerprint density at radius 1 is 1.33 bits per heavy atom. The van der Waals surface area contributed by atoms with Gasteiger partial charge in [-0.2, -0.15) is 0 Å². The highest BCUT2D eigenvalue weighted by Gasteiger charge is 2.49. The molecule has 3 heteroatoms. The van der Waals surface area contributed by atoms with Crippen molar-refractivity contribution >= 4 is 5.57 Å². The topological polar surface area (TPSA) is 9.23 Å². The van der Waals surface area contributed by atoms with E-state index in [0.29, 0.717) is 24.4 Å². The van der Waals surface area contributed by atoms with Gasteiger partial charge >= 0.3 is 0 Å². The third kappa shape index (κ3) is 2.61. The smallest absolute Gasteiger partial charge is 0.143 e. The number of halogens is 2. The fourth-order valence-corrected chi connectivity index (χ4v) is 3.11. The molecule has 1 fully saturated rings. The van der Waals surface area contributed by atoms with Crippen LogP contribution in [0.5, 0.6) is 0 Å². The molecule has 2 aliphatic carbocycles. The summed E-state index contributed by atoms with van der Waals surface area (Å²) < 4.78 is 34.4. The molecule has 0 aliphatic heterocycles. The molecular weight excluding hydrogens is 270 g/mol. The molecular formula is C18H20F2O. The molecule has 21 heavy (non-hydrogen) atoms. The van der Waals surface area contributed by atoms with Crippen LogP contribution in [0.2, 0.25) is 0 Å². The Bertz CT molecular complexity index is 614. The number of hydrogen-bond donors (Lipinski definition) is 0. The predicted molar refractivity (Wildman–Crippen MR) is 80.0 cm³/mol. The molecule has 1 atom stereocenters. The fraction of sp³-hybridized carbons (Fsp3) is 0.444. The van der Waals surface area contributed by atoms with Gasteiger partial charge in [0.25, 0.3) is 0 Å². The monoisotopic (exact) mass is 290 g/mol. The van der Waals surface area contributed by atoms with E-state index in [0.717, 1.165) is 24.0 Å². The lowest BCUT2D eigenvalue weighted by molar-refractivity contribution is 0.194. The van der Waals surface area contributed by atoms with E-state index in [9.17, 15) is 4.39 Å². The molecule has 2 aliphatic rings. The van der Waals surface area contributed by atoms with Crippen LogP contribution in [-0.2, 0) is 4.74 Å². The Hall–Kier alpha value is -1.64. The quantitative estimate of drug-likeness (QED) is 0.761. The van der Waals surface area contributed by atoms with Crippen molar-refractivity contribution in [3.63, 3.8) is 0 Å². The van der Waals surface area contributed by atoms with E-state index < -0.39 is 5.67 Å². The van der Waals surface area contributed by atoms with Crippen LogP contribution in [0.4, 0.5) is 8.78 Å². The SMILES string of the molecule is CCOC1=CCC(F)(C2CC2)C(c2ccc(F)cc2C)=C1. The van der Waals surface area contributed by atoms with Crippen molar-refractivity contribution in [3.8, 4) is 0 Å². The molecule has 112 valence electrons. The number of hydrogen-bond acceptors (Lipinski definition) is 1. The van der Waals surface area contributed by atoms with Crippen LogP contribution >= 0.6 is 0 Å². The molecule has 0 bridgehead atoms. The molecule has 0 aromatic heterocycles. The van der Waals surface area contributed by atoms with Crippen molar-refractivity contribution in [2.45, 2.75) is 38.8 Å². The Morgan fingerprint density at radius 3 is 2.71 bits per heavy atom. The molecule has 0 heterocycles. The van der Waals surface area contributed by atoms with Gasteiger partial charge in [0.1, 0.15) is 17.2 Å². The third-order valence-corrected chi connectivity index (χ3v) is 4.35. The molecule has 3 rings (SSSR count). The maximum atomic E-state index is 15.5. The lowest BCUT2D eigenvalue weighted by Gasteiger charge is -2.32. The van der Waals surface area contributed by atoms with Crippen molar-refractivity contribution in [3.05, 3.63) is 53.1 Å². The van der Waals surface area contributed by atoms with Gasteiger partial charge in [0.2, 0.25) is 0 Å². The van der Waals surface area contributed by atoms with Crippen LogP contribution in [0.1, 0.15) is 37.3 Å². The van der Waals surface area contributed by atoms with E-state index in [2.05, 4.69) is 0 Å². The molecule has 1 unspecified atom stereocenters. The largest absolute Gasteiger partial charge is 0.494 e. The minimum absolute atomic E-state index is 0.0765. The van der Waals surface area contributed by atoms with Crippen molar-refractivity contribution in [1.29, 1.82) is 0 Å². The maximum absolute atomic E-state index is 15.5. The maximum Gasteiger partial charge on any atom is 0.143 e. The predicted octanol–water partition coefficient (Wildman–Crippen LogP) is 4.96. The van der Waals surface area contributed by atoms with Crippen LogP contribution in [0, 0.1) is 18.7 Å². The van der Waals surface area contributed by atoms with Gasteiger partial charge in [-0.1, -0.05) is 6.07 Å². The van der Waals surface area contributed by atoms with E-state index >= 15 is 4.39 Å². The van der Waals surface area contributed by atoms with Gasteiger partial charge in [-0.05, 0) is 68.0 Å². The summed E-state index contributed by atoms with van der Waals surface area (Å²) >= 11 is 0. The number of allylic oxidation sites excluding steroid dienone is 3. The molecule has 1 saturated carbocycles. The lowest BCUT2D eigenvalue weighted by Crippen LogP contribution is -2.29. The Kier molecular flexibility index (Phi) is 3.60. The summed E-state index contributed by atoms with van der Waals surface area (Å²) in [5.74, 6) is 0.502. The fourth-order valence-electron chi connectivity index (χ4n) is 3.11. The van der Waals surface area contributed by atoms with Crippen LogP contribution in [0.25, 0.3) is 5.57 Å². The molecule has 0 N–H and O–H groups in total. The standard InChI is InChI=1S/C18H20F2O/c1-3-21-15-8-9-18(20,13-4-5-13)17(11-15)16-7-6-14(19)10-12(16)2/h6-8,10-11,13H,3-5,9H2,1-2H3. The first-order valence-electron chi connectivity index (χ1n) is 7.55. The average Bonchev–Trinajstić information content (AvgIpc) is 3.27. The minimum atomic E-state index is -1.34. The van der Waals surface area contributed by atoms with Crippen molar-refractivity contribution in [1.82, 2.24) is 0 Å². The number of ether oxygens (including phenoxy) is 1. The highest BCUT2D eigenvalue weighted by atomic mass is 19.1. The molecule has 1 aromatic rings. The van der Waals surface area contributed by atoms with E-state index in [4.69, 9.17) is 4.74 Å². The van der Waals surface area contributed by atoms with Crippen LogP contribution in [0.15, 0.2) is 36.1 Å². The number of rotatable bonds is 4. The summed E-state index contributed by atoms with van der Waals surface area (Å²) in [5.41, 5.74) is 0.856. The number of aryl methyl sites for hydroxylation is 1. The highest BCUT2D eigenvalue weighted by Crippen LogP contribution is 2.53. The van der Waals surface area contributed by atoms with Crippen LogP contribution in [-0.4, -0.2) is 12.3 Å². The van der Waals surface area contributed by atoms with Crippen molar-refractivity contribution < 1.29 is 13.5 Å². The second-order valence-electron chi connectivity index (χ2n) is 5.90. The summed E-state index contributed by atoms with van der Waals surface area (Å²) in [6.07, 6.45) is 5.82. The molecule has 1 nitrogen and oxygen atoms in total. The first kappa shape index (κ1) is 14.3. The second-order valence-corrected chi connectivity index (χ2v) is 5.90. The molecule has 1 aromatic carbocycles. The molecule has 0 spiro atoms. The number of alkyl halides is 1. The Balaban J connectivity index is 2.06. The minimum Gasteiger partial charge on any atom is -0.494 e. The van der Waals surface area contributed by atoms with E-state index in [1.54, 1.807) is 12.1 Å². The van der Waals surface area contributed by atoms with E-state index in [1.807, 2.05) is 19.9 Å². The van der Waals surface area contributed by atoms with Crippen molar-refractivity contribution in [2.24, 2.45) is 5.92 Å². The van der Waals surface area contributed by atoms with Gasteiger partial charge in [0, 0.05) is 12.0 Å². The Morgan fingerprint density at radius 2 is 2.10 bits per heavy atom. The Labute approximate surface area is 124 Å². The summed E-state index contributed by atoms with van der Waals surface area (Å²) in [7, 11) is 0. The van der Waals surface area contributed by atoms with Crippen molar-refractivity contribution in [2.75, 3.05) is 6.61 Å². The van der Waals surface area contributed by atoms with E-state index in [-0.39, 0.29) is 11.7 Å². The van der Waals surface area contributed by atoms with E-state index in [1.165, 1.54) is 12.1 Å². The first-order valence-corrected chi connectivity index (χ1v) is 7.55. The lowest BCUT2D eigenvalue weighted by atomic mass is 9.79. The number of benzene rings is 1. The highest BCUT2D eigenvalue weighted by molar-refractivity contribution is 5.78. The first-order chi connectivity index (χ1) is 10.0. The zero-order valence-electron chi connectivity index (χ0n) is 12.5. The second kappa shape index (κ2) is 5.28. The normalized spacial score (nSPS) is 25.3. The summed E-state index contributed by atoms with van der Waals surface area (Å²) in [6, 6.07) is 4.54. The van der Waals surface area contributed by atoms with Gasteiger partial charge in [0.15, 0.2) is 0 Å². The van der Waals surface area contributed by atoms with Crippen LogP contribution < -0.4 is 0 Å². The van der Waals surface area contributed by atoms with Gasteiger partial charge in [-0.3, -0.25) is 0 Å². The molecule has 0 radical (unpaired) electrons.